The van der Waals surface area contributed by atoms with Crippen molar-refractivity contribution in [1.82, 2.24) is 4.90 Å². The van der Waals surface area contributed by atoms with Gasteiger partial charge in [0.1, 0.15) is 0 Å². The second-order valence-electron chi connectivity index (χ2n) is 3.42. The lowest BCUT2D eigenvalue weighted by Crippen LogP contribution is -2.41. The zero-order chi connectivity index (χ0) is 9.02. The third-order valence-electron chi connectivity index (χ3n) is 1.80. The maximum Gasteiger partial charge on any atom is 0.0387 e. The Labute approximate surface area is 77.1 Å². The molecule has 0 radical (unpaired) electrons. The Hall–Kier alpha value is 0.680. The van der Waals surface area contributed by atoms with Crippen LogP contribution in [0.15, 0.2) is 0 Å². The molecule has 0 amide bonds. The second-order valence-corrected chi connectivity index (χ2v) is 5.13. The van der Waals surface area contributed by atoms with E-state index in [0.29, 0.717) is 25.8 Å². The SMILES string of the molecule is CC(C)N(C(C)C)C(C)PCl. The number of hydrogen-bond acceptors (Lipinski definition) is 1. The van der Waals surface area contributed by atoms with Crippen LogP contribution < -0.4 is 0 Å². The smallest absolute Gasteiger partial charge is 0.0387 e. The Kier molecular flexibility index (Phi) is 5.68. The molecule has 0 saturated heterocycles. The van der Waals surface area contributed by atoms with Gasteiger partial charge in [0.25, 0.3) is 0 Å². The highest BCUT2D eigenvalue weighted by atomic mass is 35.7. The van der Waals surface area contributed by atoms with Crippen molar-refractivity contribution < 1.29 is 0 Å². The van der Waals surface area contributed by atoms with E-state index in [4.69, 9.17) is 11.2 Å². The maximum absolute atomic E-state index is 5.82. The van der Waals surface area contributed by atoms with Gasteiger partial charge in [-0.2, -0.15) is 0 Å². The van der Waals surface area contributed by atoms with Gasteiger partial charge in [0.15, 0.2) is 0 Å². The molecule has 2 atom stereocenters. The topological polar surface area (TPSA) is 3.24 Å². The highest BCUT2D eigenvalue weighted by molar-refractivity contribution is 7.68. The summed E-state index contributed by atoms with van der Waals surface area (Å²) in [5.74, 6) is 0.511. The van der Waals surface area contributed by atoms with Crippen LogP contribution in [0, 0.1) is 0 Å². The molecule has 0 bridgehead atoms. The average molecular weight is 196 g/mol. The predicted molar refractivity (Wildman–Crippen MR) is 55.7 cm³/mol. The first-order valence-electron chi connectivity index (χ1n) is 4.14. The highest BCUT2D eigenvalue weighted by Crippen LogP contribution is 2.29. The van der Waals surface area contributed by atoms with Crippen molar-refractivity contribution >= 4 is 19.2 Å². The van der Waals surface area contributed by atoms with E-state index in [2.05, 4.69) is 39.5 Å². The van der Waals surface area contributed by atoms with Gasteiger partial charge in [0.2, 0.25) is 0 Å². The van der Waals surface area contributed by atoms with Gasteiger partial charge in [0, 0.05) is 17.9 Å². The van der Waals surface area contributed by atoms with Gasteiger partial charge >= 0.3 is 0 Å². The first-order chi connectivity index (χ1) is 5.00. The van der Waals surface area contributed by atoms with Gasteiger partial charge in [-0.05, 0) is 42.6 Å². The molecule has 0 spiro atoms. The fraction of sp³-hybridized carbons (Fsp3) is 1.00. The number of rotatable bonds is 4. The van der Waals surface area contributed by atoms with Crippen molar-refractivity contribution in [1.29, 1.82) is 0 Å². The molecule has 68 valence electrons. The minimum Gasteiger partial charge on any atom is -0.291 e. The van der Waals surface area contributed by atoms with Crippen LogP contribution >= 0.6 is 19.2 Å². The monoisotopic (exact) mass is 195 g/mol. The fourth-order valence-corrected chi connectivity index (χ4v) is 2.59. The van der Waals surface area contributed by atoms with Gasteiger partial charge < -0.3 is 0 Å². The Morgan fingerprint density at radius 1 is 1.00 bits per heavy atom. The Morgan fingerprint density at radius 2 is 1.36 bits per heavy atom. The van der Waals surface area contributed by atoms with Gasteiger partial charge in [-0.25, -0.2) is 0 Å². The van der Waals surface area contributed by atoms with Crippen molar-refractivity contribution in [2.45, 2.75) is 52.5 Å². The lowest BCUT2D eigenvalue weighted by molar-refractivity contribution is 0.167. The van der Waals surface area contributed by atoms with E-state index in [1.54, 1.807) is 0 Å². The zero-order valence-electron chi connectivity index (χ0n) is 8.06. The van der Waals surface area contributed by atoms with E-state index in [0.717, 1.165) is 0 Å². The summed E-state index contributed by atoms with van der Waals surface area (Å²) in [4.78, 5) is 2.44. The fourth-order valence-electron chi connectivity index (χ4n) is 1.55. The van der Waals surface area contributed by atoms with Crippen LogP contribution in [0.3, 0.4) is 0 Å². The van der Waals surface area contributed by atoms with Crippen LogP contribution in [0.25, 0.3) is 0 Å². The van der Waals surface area contributed by atoms with E-state index < -0.39 is 0 Å². The maximum atomic E-state index is 5.82. The summed E-state index contributed by atoms with van der Waals surface area (Å²) < 4.78 is 0. The summed E-state index contributed by atoms with van der Waals surface area (Å²) in [7, 11) is 0.496. The predicted octanol–water partition coefficient (Wildman–Crippen LogP) is 3.28. The summed E-state index contributed by atoms with van der Waals surface area (Å²) in [6.45, 7) is 11.0. The summed E-state index contributed by atoms with van der Waals surface area (Å²) in [6.07, 6.45) is 0. The third kappa shape index (κ3) is 3.73. The molecule has 0 aliphatic rings. The van der Waals surface area contributed by atoms with E-state index in [-0.39, 0.29) is 0 Å². The van der Waals surface area contributed by atoms with Crippen molar-refractivity contribution in [2.75, 3.05) is 0 Å². The molecule has 0 rings (SSSR count). The standard InChI is InChI=1S/C8H19ClNP/c1-6(2)10(7(3)4)8(5)11-9/h6-8,11H,1-5H3. The summed E-state index contributed by atoms with van der Waals surface area (Å²) in [5.41, 5.74) is 0. The summed E-state index contributed by atoms with van der Waals surface area (Å²) in [6, 6.07) is 1.19. The minimum absolute atomic E-state index is 0.496. The summed E-state index contributed by atoms with van der Waals surface area (Å²) >= 11 is 5.82. The minimum atomic E-state index is 0.496. The van der Waals surface area contributed by atoms with Crippen molar-refractivity contribution in [2.24, 2.45) is 0 Å². The first-order valence-corrected chi connectivity index (χ1v) is 6.23. The number of nitrogens with zero attached hydrogens (tertiary/aromatic N) is 1. The van der Waals surface area contributed by atoms with Crippen LogP contribution in [-0.4, -0.2) is 22.8 Å². The quantitative estimate of drug-likeness (QED) is 0.623. The molecule has 0 aromatic rings. The lowest BCUT2D eigenvalue weighted by Gasteiger charge is -2.34. The van der Waals surface area contributed by atoms with Crippen molar-refractivity contribution in [3.05, 3.63) is 0 Å². The van der Waals surface area contributed by atoms with Gasteiger partial charge in [0.05, 0.1) is 0 Å². The molecule has 0 aliphatic heterocycles. The number of hydrogen-bond donors (Lipinski definition) is 0. The van der Waals surface area contributed by atoms with E-state index in [1.165, 1.54) is 0 Å². The average Bonchev–Trinajstić information content (AvgIpc) is 1.85. The normalized spacial score (nSPS) is 16.1. The molecule has 1 nitrogen and oxygen atoms in total. The molecule has 11 heavy (non-hydrogen) atoms. The second kappa shape index (κ2) is 5.35. The summed E-state index contributed by atoms with van der Waals surface area (Å²) in [5, 5.41) is 0. The van der Waals surface area contributed by atoms with Crippen LogP contribution in [0.4, 0.5) is 0 Å². The molecule has 0 fully saturated rings. The molecular weight excluding hydrogens is 177 g/mol. The molecular formula is C8H19ClNP. The van der Waals surface area contributed by atoms with Crippen molar-refractivity contribution in [3.8, 4) is 0 Å². The Morgan fingerprint density at radius 3 is 1.45 bits per heavy atom. The van der Waals surface area contributed by atoms with Gasteiger partial charge in [-0.15, -0.1) is 0 Å². The van der Waals surface area contributed by atoms with Crippen molar-refractivity contribution in [3.63, 3.8) is 0 Å². The zero-order valence-corrected chi connectivity index (χ0v) is 9.81. The van der Waals surface area contributed by atoms with E-state index in [9.17, 15) is 0 Å². The van der Waals surface area contributed by atoms with Crippen LogP contribution in [-0.2, 0) is 0 Å². The highest BCUT2D eigenvalue weighted by Gasteiger charge is 2.18. The van der Waals surface area contributed by atoms with Crippen LogP contribution in [0.1, 0.15) is 34.6 Å². The van der Waals surface area contributed by atoms with Crippen LogP contribution in [0.2, 0.25) is 0 Å². The molecule has 0 saturated carbocycles. The lowest BCUT2D eigenvalue weighted by atomic mass is 10.2. The Balaban J connectivity index is 4.09. The molecule has 2 unspecified atom stereocenters. The largest absolute Gasteiger partial charge is 0.291 e. The number of halogens is 1. The molecule has 0 N–H and O–H groups in total. The molecule has 0 aromatic carbocycles. The molecule has 3 heteroatoms. The molecule has 0 aliphatic carbocycles. The Bertz CT molecular complexity index is 98.3. The van der Waals surface area contributed by atoms with Gasteiger partial charge in [-0.3, -0.25) is 4.90 Å². The van der Waals surface area contributed by atoms with Gasteiger partial charge in [-0.1, -0.05) is 11.2 Å². The van der Waals surface area contributed by atoms with E-state index >= 15 is 0 Å². The first kappa shape index (κ1) is 11.7. The third-order valence-corrected chi connectivity index (χ3v) is 3.36. The molecule has 0 aromatic heterocycles. The molecule has 0 heterocycles. The van der Waals surface area contributed by atoms with Crippen LogP contribution in [0.5, 0.6) is 0 Å². The van der Waals surface area contributed by atoms with E-state index in [1.807, 2.05) is 0 Å².